The molecule has 0 N–H and O–H groups in total. The smallest absolute Gasteiger partial charge is 0.253 e. The third-order valence-corrected chi connectivity index (χ3v) is 6.07. The molecule has 0 bridgehead atoms. The number of nitriles is 1. The Kier molecular flexibility index (Phi) is 4.83. The molecule has 0 saturated carbocycles. The minimum atomic E-state index is -3.67. The molecule has 0 aliphatic rings. The first-order valence-corrected chi connectivity index (χ1v) is 8.32. The quantitative estimate of drug-likeness (QED) is 0.815. The molecule has 0 fully saturated rings. The highest BCUT2D eigenvalue weighted by Crippen LogP contribution is 2.29. The number of hydrogen-bond donors (Lipinski definition) is 0. The Morgan fingerprint density at radius 3 is 2.75 bits per heavy atom. The molecule has 2 rings (SSSR count). The fourth-order valence-electron chi connectivity index (χ4n) is 1.60. The molecule has 2 aromatic heterocycles. The van der Waals surface area contributed by atoms with Crippen molar-refractivity contribution in [3.05, 3.63) is 40.6 Å². The minimum Gasteiger partial charge on any atom is -0.468 e. The summed E-state index contributed by atoms with van der Waals surface area (Å²) < 4.78 is 32.0. The molecule has 20 heavy (non-hydrogen) atoms. The van der Waals surface area contributed by atoms with Gasteiger partial charge in [-0.05, 0) is 24.3 Å². The van der Waals surface area contributed by atoms with Gasteiger partial charge in [-0.1, -0.05) is 11.6 Å². The summed E-state index contributed by atoms with van der Waals surface area (Å²) in [6.45, 7) is 0.196. The van der Waals surface area contributed by atoms with Gasteiger partial charge in [0.2, 0.25) is 0 Å². The van der Waals surface area contributed by atoms with Crippen LogP contribution in [0.4, 0.5) is 0 Å². The third-order valence-electron chi connectivity index (χ3n) is 2.53. The second-order valence-corrected chi connectivity index (χ2v) is 7.76. The van der Waals surface area contributed by atoms with Crippen LogP contribution in [-0.2, 0) is 16.6 Å². The Morgan fingerprint density at radius 1 is 1.40 bits per heavy atom. The zero-order chi connectivity index (χ0) is 14.6. The van der Waals surface area contributed by atoms with Crippen LogP contribution in [-0.4, -0.2) is 19.3 Å². The molecule has 0 unspecified atom stereocenters. The SMILES string of the molecule is N#CCCN(Cc1ccco1)S(=O)(=O)c1ccc(Cl)s1. The number of hydrogen-bond acceptors (Lipinski definition) is 5. The average molecular weight is 331 g/mol. The van der Waals surface area contributed by atoms with Gasteiger partial charge in [0, 0.05) is 13.0 Å². The maximum atomic E-state index is 12.5. The zero-order valence-corrected chi connectivity index (χ0v) is 12.7. The Labute approximate surface area is 126 Å². The summed E-state index contributed by atoms with van der Waals surface area (Å²) in [5, 5.41) is 8.67. The number of rotatable bonds is 6. The molecule has 0 saturated heterocycles. The van der Waals surface area contributed by atoms with Crippen LogP contribution in [0, 0.1) is 11.3 Å². The Morgan fingerprint density at radius 2 is 2.20 bits per heavy atom. The average Bonchev–Trinajstić information content (AvgIpc) is 3.05. The Hall–Kier alpha value is -1.33. The van der Waals surface area contributed by atoms with E-state index in [1.165, 1.54) is 22.7 Å². The van der Waals surface area contributed by atoms with Crippen LogP contribution in [0.1, 0.15) is 12.2 Å². The predicted octanol–water partition coefficient (Wildman–Crippen LogP) is 3.10. The maximum Gasteiger partial charge on any atom is 0.253 e. The van der Waals surface area contributed by atoms with Crippen molar-refractivity contribution in [1.82, 2.24) is 4.31 Å². The van der Waals surface area contributed by atoms with Gasteiger partial charge in [0.1, 0.15) is 9.97 Å². The highest BCUT2D eigenvalue weighted by molar-refractivity contribution is 7.91. The largest absolute Gasteiger partial charge is 0.468 e. The van der Waals surface area contributed by atoms with Crippen LogP contribution in [0.15, 0.2) is 39.2 Å². The molecule has 0 aromatic carbocycles. The van der Waals surface area contributed by atoms with E-state index in [9.17, 15) is 8.42 Å². The standard InChI is InChI=1S/C12H11ClN2O3S2/c13-11-4-5-12(19-11)20(16,17)15(7-2-6-14)9-10-3-1-8-18-10/h1,3-5,8H,2,7,9H2. The van der Waals surface area contributed by atoms with Crippen molar-refractivity contribution in [3.8, 4) is 6.07 Å². The Balaban J connectivity index is 2.27. The van der Waals surface area contributed by atoms with Gasteiger partial charge < -0.3 is 4.42 Å². The molecule has 5 nitrogen and oxygen atoms in total. The van der Waals surface area contributed by atoms with Crippen LogP contribution in [0.2, 0.25) is 4.34 Å². The van der Waals surface area contributed by atoms with Crippen LogP contribution >= 0.6 is 22.9 Å². The van der Waals surface area contributed by atoms with E-state index in [1.807, 2.05) is 6.07 Å². The summed E-state index contributed by atoms with van der Waals surface area (Å²) in [6, 6.07) is 8.32. The van der Waals surface area contributed by atoms with Gasteiger partial charge in [-0.25, -0.2) is 8.42 Å². The zero-order valence-electron chi connectivity index (χ0n) is 10.3. The molecule has 0 aliphatic heterocycles. The number of nitrogens with zero attached hydrogens (tertiary/aromatic N) is 2. The van der Waals surface area contributed by atoms with E-state index >= 15 is 0 Å². The predicted molar refractivity (Wildman–Crippen MR) is 75.9 cm³/mol. The topological polar surface area (TPSA) is 74.3 Å². The van der Waals surface area contributed by atoms with E-state index in [4.69, 9.17) is 21.3 Å². The molecule has 0 radical (unpaired) electrons. The second-order valence-electron chi connectivity index (χ2n) is 3.88. The van der Waals surface area contributed by atoms with Gasteiger partial charge >= 0.3 is 0 Å². The first-order chi connectivity index (χ1) is 9.54. The number of furan rings is 1. The summed E-state index contributed by atoms with van der Waals surface area (Å²) >= 11 is 6.77. The molecule has 106 valence electrons. The summed E-state index contributed by atoms with van der Waals surface area (Å²) in [4.78, 5) is 0. The van der Waals surface area contributed by atoms with Crippen molar-refractivity contribution in [2.45, 2.75) is 17.2 Å². The maximum absolute atomic E-state index is 12.5. The van der Waals surface area contributed by atoms with E-state index in [0.717, 1.165) is 11.3 Å². The molecular weight excluding hydrogens is 320 g/mol. The van der Waals surface area contributed by atoms with Crippen LogP contribution in [0.5, 0.6) is 0 Å². The molecular formula is C12H11ClN2O3S2. The first kappa shape index (κ1) is 15.1. The van der Waals surface area contributed by atoms with Crippen LogP contribution in [0.25, 0.3) is 0 Å². The number of sulfonamides is 1. The van der Waals surface area contributed by atoms with Gasteiger partial charge in [0.15, 0.2) is 0 Å². The molecule has 2 aromatic rings. The highest BCUT2D eigenvalue weighted by Gasteiger charge is 2.26. The third kappa shape index (κ3) is 3.41. The van der Waals surface area contributed by atoms with E-state index in [0.29, 0.717) is 10.1 Å². The van der Waals surface area contributed by atoms with Crippen molar-refractivity contribution >= 4 is 33.0 Å². The van der Waals surface area contributed by atoms with E-state index in [1.54, 1.807) is 12.1 Å². The van der Waals surface area contributed by atoms with Crippen LogP contribution in [0.3, 0.4) is 0 Å². The summed E-state index contributed by atoms with van der Waals surface area (Å²) in [5.74, 6) is 0.522. The fraction of sp³-hybridized carbons (Fsp3) is 0.250. The molecule has 0 aliphatic carbocycles. The van der Waals surface area contributed by atoms with Gasteiger partial charge in [0.25, 0.3) is 10.0 Å². The van der Waals surface area contributed by atoms with E-state index in [-0.39, 0.29) is 23.7 Å². The monoisotopic (exact) mass is 330 g/mol. The Bertz CT molecular complexity index is 701. The molecule has 0 spiro atoms. The lowest BCUT2D eigenvalue weighted by molar-refractivity contribution is 0.369. The van der Waals surface area contributed by atoms with Gasteiger partial charge in [-0.15, -0.1) is 11.3 Å². The minimum absolute atomic E-state index is 0.0898. The van der Waals surface area contributed by atoms with Gasteiger partial charge in [0.05, 0.1) is 23.2 Å². The molecule has 8 heteroatoms. The lowest BCUT2D eigenvalue weighted by Crippen LogP contribution is -2.30. The van der Waals surface area contributed by atoms with E-state index in [2.05, 4.69) is 0 Å². The number of halogens is 1. The van der Waals surface area contributed by atoms with Gasteiger partial charge in [-0.2, -0.15) is 9.57 Å². The second kappa shape index (κ2) is 6.41. The summed E-state index contributed by atoms with van der Waals surface area (Å²) in [6.07, 6.45) is 1.59. The molecule has 0 atom stereocenters. The van der Waals surface area contributed by atoms with Gasteiger partial charge in [-0.3, -0.25) is 0 Å². The van der Waals surface area contributed by atoms with Crippen molar-refractivity contribution in [3.63, 3.8) is 0 Å². The highest BCUT2D eigenvalue weighted by atomic mass is 35.5. The lowest BCUT2D eigenvalue weighted by atomic mass is 10.4. The lowest BCUT2D eigenvalue weighted by Gasteiger charge is -2.18. The normalized spacial score (nSPS) is 11.7. The van der Waals surface area contributed by atoms with Crippen LogP contribution < -0.4 is 0 Å². The summed E-state index contributed by atoms with van der Waals surface area (Å²) in [5.41, 5.74) is 0. The van der Waals surface area contributed by atoms with E-state index < -0.39 is 10.0 Å². The fourth-order valence-corrected chi connectivity index (χ4v) is 4.64. The summed E-state index contributed by atoms with van der Waals surface area (Å²) in [7, 11) is -3.67. The molecule has 0 amide bonds. The number of thiophene rings is 1. The van der Waals surface area contributed by atoms with Crippen molar-refractivity contribution in [1.29, 1.82) is 5.26 Å². The van der Waals surface area contributed by atoms with Crippen molar-refractivity contribution in [2.75, 3.05) is 6.54 Å². The molecule has 2 heterocycles. The van der Waals surface area contributed by atoms with Crippen molar-refractivity contribution in [2.24, 2.45) is 0 Å². The first-order valence-electron chi connectivity index (χ1n) is 5.69. The van der Waals surface area contributed by atoms with Crippen molar-refractivity contribution < 1.29 is 12.8 Å².